The Morgan fingerprint density at radius 1 is 1.20 bits per heavy atom. The maximum Gasteiger partial charge on any atom is 0.274 e. The topological polar surface area (TPSA) is 51.3 Å². The number of aryl methyl sites for hydroxylation is 2. The average molecular weight is 343 g/mol. The number of nitrogens with zero attached hydrogens (tertiary/aromatic N) is 1. The monoisotopic (exact) mass is 343 g/mol. The second-order valence-electron chi connectivity index (χ2n) is 6.92. The summed E-state index contributed by atoms with van der Waals surface area (Å²) in [6.45, 7) is 9.26. The molecule has 5 heteroatoms. The van der Waals surface area contributed by atoms with E-state index in [0.717, 1.165) is 44.0 Å². The molecule has 0 unspecified atom stereocenters. The van der Waals surface area contributed by atoms with Gasteiger partial charge in [-0.25, -0.2) is 4.98 Å². The lowest BCUT2D eigenvalue weighted by atomic mass is 10.1. The highest BCUT2D eigenvalue weighted by molar-refractivity contribution is 5.35. The minimum Gasteiger partial charge on any atom is -0.490 e. The van der Waals surface area contributed by atoms with Crippen LogP contribution >= 0.6 is 0 Å². The first-order chi connectivity index (χ1) is 12.1. The fourth-order valence-electron chi connectivity index (χ4n) is 3.39. The number of rotatable bonds is 6. The van der Waals surface area contributed by atoms with Crippen LogP contribution in [0, 0.1) is 13.8 Å². The van der Waals surface area contributed by atoms with Crippen LogP contribution in [0.5, 0.6) is 5.75 Å². The quantitative estimate of drug-likeness (QED) is 0.791. The van der Waals surface area contributed by atoms with Crippen molar-refractivity contribution in [3.8, 4) is 5.75 Å². The third-order valence-corrected chi connectivity index (χ3v) is 4.79. The van der Waals surface area contributed by atoms with Crippen molar-refractivity contribution in [2.45, 2.75) is 20.0 Å². The molecule has 25 heavy (non-hydrogen) atoms. The number of aliphatic hydroxyl groups is 1. The minimum absolute atomic E-state index is 0.351. The van der Waals surface area contributed by atoms with Crippen molar-refractivity contribution >= 4 is 5.82 Å². The molecule has 0 amide bonds. The van der Waals surface area contributed by atoms with Crippen LogP contribution in [-0.2, 0) is 0 Å². The molecule has 1 aromatic carbocycles. The summed E-state index contributed by atoms with van der Waals surface area (Å²) in [5.41, 5.74) is 2.34. The van der Waals surface area contributed by atoms with Crippen molar-refractivity contribution < 1.29 is 19.7 Å². The van der Waals surface area contributed by atoms with Gasteiger partial charge < -0.3 is 14.7 Å². The van der Waals surface area contributed by atoms with Crippen LogP contribution < -0.4 is 19.5 Å². The summed E-state index contributed by atoms with van der Waals surface area (Å²) in [6.07, 6.45) is 1.52. The van der Waals surface area contributed by atoms with E-state index in [-0.39, 0.29) is 0 Å². The van der Waals surface area contributed by atoms with Crippen LogP contribution in [0.2, 0.25) is 0 Å². The number of nitrogens with one attached hydrogen (secondary N) is 2. The zero-order chi connectivity index (χ0) is 17.6. The zero-order valence-corrected chi connectivity index (χ0v) is 15.2. The van der Waals surface area contributed by atoms with E-state index in [1.165, 1.54) is 16.3 Å². The highest BCUT2D eigenvalue weighted by Gasteiger charge is 2.27. The van der Waals surface area contributed by atoms with Gasteiger partial charge in [-0.1, -0.05) is 23.8 Å². The number of ether oxygens (including phenoxy) is 1. The summed E-state index contributed by atoms with van der Waals surface area (Å²) in [7, 11) is 0. The van der Waals surface area contributed by atoms with Gasteiger partial charge in [0.15, 0.2) is 0 Å². The summed E-state index contributed by atoms with van der Waals surface area (Å²) < 4.78 is 5.81. The van der Waals surface area contributed by atoms with Gasteiger partial charge in [0.2, 0.25) is 0 Å². The van der Waals surface area contributed by atoms with Gasteiger partial charge in [0, 0.05) is 6.07 Å². The zero-order valence-electron chi connectivity index (χ0n) is 15.2. The molecule has 1 saturated heterocycles. The Bertz CT molecular complexity index is 670. The van der Waals surface area contributed by atoms with Gasteiger partial charge in [0.1, 0.15) is 51.2 Å². The summed E-state index contributed by atoms with van der Waals surface area (Å²) >= 11 is 0. The molecule has 1 fully saturated rings. The van der Waals surface area contributed by atoms with E-state index >= 15 is 0 Å². The van der Waals surface area contributed by atoms with Gasteiger partial charge in [-0.3, -0.25) is 4.90 Å². The fourth-order valence-corrected chi connectivity index (χ4v) is 3.39. The fraction of sp³-hybridized carbons (Fsp3) is 0.450. The van der Waals surface area contributed by atoms with Crippen LogP contribution in [-0.4, -0.2) is 50.5 Å². The standard InChI is InChI=1S/C20H27N3O2/c1-16-6-7-19(17(2)13-16)25-15-18(24)14-22-9-11-23(12-10-22)20-5-3-4-8-21-20/h3-8,13,18,24H,9-12,14-15H2,1-2H3/p+2/t18-/m1/s1. The van der Waals surface area contributed by atoms with Gasteiger partial charge in [0.05, 0.1) is 6.20 Å². The van der Waals surface area contributed by atoms with Crippen LogP contribution in [0.4, 0.5) is 5.82 Å². The molecular weight excluding hydrogens is 314 g/mol. The number of anilines is 1. The van der Waals surface area contributed by atoms with Crippen molar-refractivity contribution in [2.24, 2.45) is 0 Å². The molecule has 0 spiro atoms. The SMILES string of the molecule is Cc1ccc(OC[C@H](O)C[NH+]2CCN(c3cccc[nH+]3)CC2)c(C)c1. The molecule has 1 aliphatic rings. The first kappa shape index (κ1) is 17.7. The molecule has 0 radical (unpaired) electrons. The van der Waals surface area contributed by atoms with Crippen molar-refractivity contribution in [1.29, 1.82) is 0 Å². The molecular formula is C20H29N3O2+2. The third-order valence-electron chi connectivity index (χ3n) is 4.79. The number of aromatic nitrogens is 1. The molecule has 1 atom stereocenters. The Labute approximate surface area is 149 Å². The summed E-state index contributed by atoms with van der Waals surface area (Å²) in [5, 5.41) is 10.3. The Morgan fingerprint density at radius 2 is 2.00 bits per heavy atom. The maximum absolute atomic E-state index is 10.3. The van der Waals surface area contributed by atoms with Crippen molar-refractivity contribution in [3.05, 3.63) is 53.7 Å². The molecule has 3 N–H and O–H groups in total. The Balaban J connectivity index is 1.42. The molecule has 0 aliphatic carbocycles. The highest BCUT2D eigenvalue weighted by atomic mass is 16.5. The molecule has 2 aromatic rings. The maximum atomic E-state index is 10.3. The number of H-pyrrole nitrogens is 1. The Kier molecular flexibility index (Phi) is 5.89. The van der Waals surface area contributed by atoms with E-state index in [9.17, 15) is 5.11 Å². The van der Waals surface area contributed by atoms with Crippen molar-refractivity contribution in [2.75, 3.05) is 44.2 Å². The number of hydrogen-bond donors (Lipinski definition) is 2. The van der Waals surface area contributed by atoms with E-state index < -0.39 is 6.10 Å². The molecule has 1 aliphatic heterocycles. The number of quaternary nitrogens is 1. The van der Waals surface area contributed by atoms with Crippen LogP contribution in [0.25, 0.3) is 0 Å². The number of pyridine rings is 1. The third kappa shape index (κ3) is 4.94. The van der Waals surface area contributed by atoms with Gasteiger partial charge in [-0.05, 0) is 31.5 Å². The largest absolute Gasteiger partial charge is 0.490 e. The van der Waals surface area contributed by atoms with E-state index in [2.05, 4.69) is 35.0 Å². The minimum atomic E-state index is -0.439. The van der Waals surface area contributed by atoms with Crippen molar-refractivity contribution in [1.82, 2.24) is 0 Å². The number of aliphatic hydroxyl groups excluding tert-OH is 1. The number of benzene rings is 1. The smallest absolute Gasteiger partial charge is 0.274 e. The van der Waals surface area contributed by atoms with Crippen LogP contribution in [0.3, 0.4) is 0 Å². The lowest BCUT2D eigenvalue weighted by Gasteiger charge is -2.29. The van der Waals surface area contributed by atoms with E-state index in [4.69, 9.17) is 4.74 Å². The first-order valence-electron chi connectivity index (χ1n) is 9.05. The summed E-state index contributed by atoms with van der Waals surface area (Å²) in [6, 6.07) is 12.3. The molecule has 0 bridgehead atoms. The normalized spacial score (nSPS) is 16.7. The van der Waals surface area contributed by atoms with Gasteiger partial charge >= 0.3 is 0 Å². The second kappa shape index (κ2) is 8.32. The number of piperazine rings is 1. The molecule has 134 valence electrons. The molecule has 2 heterocycles. The molecule has 0 saturated carbocycles. The van der Waals surface area contributed by atoms with Crippen molar-refractivity contribution in [3.63, 3.8) is 0 Å². The lowest BCUT2D eigenvalue weighted by molar-refractivity contribution is -0.903. The predicted octanol–water partition coefficient (Wildman–Crippen LogP) is 0.262. The second-order valence-corrected chi connectivity index (χ2v) is 6.92. The lowest BCUT2D eigenvalue weighted by Crippen LogP contribution is -3.16. The molecule has 5 nitrogen and oxygen atoms in total. The van der Waals surface area contributed by atoms with E-state index in [1.807, 2.05) is 31.3 Å². The van der Waals surface area contributed by atoms with E-state index in [1.54, 1.807) is 0 Å². The summed E-state index contributed by atoms with van der Waals surface area (Å²) in [4.78, 5) is 7.09. The predicted molar refractivity (Wildman–Crippen MR) is 98.2 cm³/mol. The van der Waals surface area contributed by atoms with Gasteiger partial charge in [-0.2, -0.15) is 0 Å². The average Bonchev–Trinajstić information content (AvgIpc) is 2.62. The number of hydrogen-bond acceptors (Lipinski definition) is 3. The Morgan fingerprint density at radius 3 is 2.68 bits per heavy atom. The van der Waals surface area contributed by atoms with E-state index in [0.29, 0.717) is 6.61 Å². The Hall–Kier alpha value is -2.11. The summed E-state index contributed by atoms with van der Waals surface area (Å²) in [5.74, 6) is 2.03. The van der Waals surface area contributed by atoms with Gasteiger partial charge in [-0.15, -0.1) is 0 Å². The highest BCUT2D eigenvalue weighted by Crippen LogP contribution is 2.18. The molecule has 3 rings (SSSR count). The number of aromatic amines is 1. The first-order valence-corrected chi connectivity index (χ1v) is 9.05. The van der Waals surface area contributed by atoms with Gasteiger partial charge in [0.25, 0.3) is 5.82 Å². The van der Waals surface area contributed by atoms with Crippen LogP contribution in [0.15, 0.2) is 42.6 Å². The molecule has 1 aromatic heterocycles. The van der Waals surface area contributed by atoms with Crippen LogP contribution in [0.1, 0.15) is 11.1 Å².